The summed E-state index contributed by atoms with van der Waals surface area (Å²) in [5, 5.41) is 19.0. The topological polar surface area (TPSA) is 81.6 Å². The van der Waals surface area contributed by atoms with Gasteiger partial charge in [0.2, 0.25) is 0 Å². The maximum Gasteiger partial charge on any atom is 0.139 e. The van der Waals surface area contributed by atoms with Crippen LogP contribution in [0.1, 0.15) is 18.5 Å². The molecule has 7 nitrogen and oxygen atoms in total. The highest BCUT2D eigenvalue weighted by Gasteiger charge is 2.41. The Balaban J connectivity index is 2.08. The van der Waals surface area contributed by atoms with E-state index in [1.165, 1.54) is 47.3 Å². The Morgan fingerprint density at radius 3 is 2.52 bits per heavy atom. The molecule has 9 heteroatoms. The quantitative estimate of drug-likeness (QED) is 0.767. The van der Waals surface area contributed by atoms with Gasteiger partial charge < -0.3 is 5.11 Å². The van der Waals surface area contributed by atoms with Crippen molar-refractivity contribution in [1.29, 1.82) is 0 Å². The van der Waals surface area contributed by atoms with Crippen LogP contribution >= 0.6 is 0 Å². The van der Waals surface area contributed by atoms with E-state index in [9.17, 15) is 13.9 Å². The predicted molar refractivity (Wildman–Crippen MR) is 74.7 cm³/mol. The van der Waals surface area contributed by atoms with Crippen molar-refractivity contribution in [2.45, 2.75) is 18.6 Å². The molecule has 1 aromatic carbocycles. The highest BCUT2D eigenvalue weighted by molar-refractivity contribution is 5.29. The van der Waals surface area contributed by atoms with Gasteiger partial charge >= 0.3 is 0 Å². The molecule has 23 heavy (non-hydrogen) atoms. The second-order valence-corrected chi connectivity index (χ2v) is 5.01. The second-order valence-electron chi connectivity index (χ2n) is 5.01. The Labute approximate surface area is 130 Å². The highest BCUT2D eigenvalue weighted by Crippen LogP contribution is 2.37. The molecule has 0 bridgehead atoms. The summed E-state index contributed by atoms with van der Waals surface area (Å²) >= 11 is 0. The van der Waals surface area contributed by atoms with Crippen molar-refractivity contribution in [3.63, 3.8) is 0 Å². The fourth-order valence-corrected chi connectivity index (χ4v) is 2.32. The molecule has 1 radical (unpaired) electrons. The Kier molecular flexibility index (Phi) is 3.87. The summed E-state index contributed by atoms with van der Waals surface area (Å²) in [6, 6.07) is 2.23. The summed E-state index contributed by atoms with van der Waals surface area (Å²) in [5.74, 6) is -1.61. The highest BCUT2D eigenvalue weighted by atomic mass is 19.1. The van der Waals surface area contributed by atoms with Gasteiger partial charge in [-0.15, -0.1) is 0 Å². The normalized spacial score (nSPS) is 15.3. The average Bonchev–Trinajstić information content (AvgIpc) is 3.19. The number of rotatable bonds is 5. The van der Waals surface area contributed by atoms with E-state index in [4.69, 9.17) is 0 Å². The summed E-state index contributed by atoms with van der Waals surface area (Å²) in [6.07, 6.45) is 5.32. The Bertz CT molecular complexity index is 777. The summed E-state index contributed by atoms with van der Waals surface area (Å²) < 4.78 is 30.1. The lowest BCUT2D eigenvalue weighted by atomic mass is 9.86. The summed E-state index contributed by atoms with van der Waals surface area (Å²) in [4.78, 5) is 7.60. The minimum Gasteiger partial charge on any atom is -0.380 e. The molecule has 0 saturated heterocycles. The van der Waals surface area contributed by atoms with Gasteiger partial charge in [-0.05, 0) is 13.0 Å². The van der Waals surface area contributed by atoms with E-state index in [0.29, 0.717) is 6.07 Å². The van der Waals surface area contributed by atoms with Gasteiger partial charge in [0.25, 0.3) is 0 Å². The number of benzene rings is 1. The molecule has 1 N–H and O–H groups in total. The lowest BCUT2D eigenvalue weighted by Crippen LogP contribution is -2.39. The van der Waals surface area contributed by atoms with Crippen LogP contribution in [0.5, 0.6) is 0 Å². The fraction of sp³-hybridized carbons (Fsp3) is 0.214. The number of nitrogens with zero attached hydrogens (tertiary/aromatic N) is 6. The zero-order chi connectivity index (χ0) is 16.4. The van der Waals surface area contributed by atoms with Crippen LogP contribution in [-0.4, -0.2) is 34.6 Å². The van der Waals surface area contributed by atoms with Gasteiger partial charge in [-0.2, -0.15) is 10.2 Å². The molecule has 3 rings (SSSR count). The summed E-state index contributed by atoms with van der Waals surface area (Å²) in [6.45, 7) is 2.91. The van der Waals surface area contributed by atoms with Gasteiger partial charge in [-0.25, -0.2) is 28.1 Å². The van der Waals surface area contributed by atoms with Gasteiger partial charge in [0.1, 0.15) is 49.1 Å². The van der Waals surface area contributed by atoms with Crippen molar-refractivity contribution in [1.82, 2.24) is 29.5 Å². The van der Waals surface area contributed by atoms with Crippen LogP contribution in [0.3, 0.4) is 0 Å². The maximum absolute atomic E-state index is 14.3. The van der Waals surface area contributed by atoms with Crippen molar-refractivity contribution in [3.8, 4) is 0 Å². The van der Waals surface area contributed by atoms with Crippen molar-refractivity contribution in [3.05, 3.63) is 67.3 Å². The first-order valence-corrected chi connectivity index (χ1v) is 6.73. The number of aromatic nitrogens is 6. The first-order chi connectivity index (χ1) is 11.0. The van der Waals surface area contributed by atoms with Crippen molar-refractivity contribution in [2.24, 2.45) is 0 Å². The Hall–Kier alpha value is -2.68. The molecule has 0 spiro atoms. The molecule has 2 unspecified atom stereocenters. The second kappa shape index (κ2) is 5.84. The van der Waals surface area contributed by atoms with Crippen LogP contribution in [0.25, 0.3) is 0 Å². The molecular weight excluding hydrogens is 306 g/mol. The molecule has 0 aliphatic heterocycles. The third-order valence-electron chi connectivity index (χ3n) is 3.60. The van der Waals surface area contributed by atoms with Crippen LogP contribution in [0.4, 0.5) is 8.78 Å². The Morgan fingerprint density at radius 1 is 1.17 bits per heavy atom. The van der Waals surface area contributed by atoms with Crippen LogP contribution in [0.15, 0.2) is 43.5 Å². The molecule has 119 valence electrons. The van der Waals surface area contributed by atoms with Crippen molar-refractivity contribution in [2.75, 3.05) is 0 Å². The van der Waals surface area contributed by atoms with E-state index in [-0.39, 0.29) is 5.56 Å². The molecule has 2 atom stereocenters. The van der Waals surface area contributed by atoms with E-state index in [2.05, 4.69) is 20.2 Å². The van der Waals surface area contributed by atoms with Gasteiger partial charge in [-0.1, -0.05) is 6.07 Å². The van der Waals surface area contributed by atoms with E-state index in [1.54, 1.807) is 6.92 Å². The number of hydrogen-bond acceptors (Lipinski definition) is 5. The smallest absolute Gasteiger partial charge is 0.139 e. The average molecular weight is 319 g/mol. The van der Waals surface area contributed by atoms with Crippen LogP contribution in [-0.2, 0) is 5.60 Å². The molecule has 2 heterocycles. The summed E-state index contributed by atoms with van der Waals surface area (Å²) in [5.41, 5.74) is -1.98. The molecule has 0 aliphatic rings. The predicted octanol–water partition coefficient (Wildman–Crippen LogP) is 1.31. The fourth-order valence-electron chi connectivity index (χ4n) is 2.32. The number of halogens is 2. The molecular formula is C14H13F2N6O. The lowest BCUT2D eigenvalue weighted by molar-refractivity contribution is 0.00557. The maximum atomic E-state index is 14.3. The molecule has 0 aliphatic carbocycles. The third kappa shape index (κ3) is 2.82. The van der Waals surface area contributed by atoms with Crippen LogP contribution in [0.2, 0.25) is 0 Å². The van der Waals surface area contributed by atoms with Crippen LogP contribution < -0.4 is 0 Å². The van der Waals surface area contributed by atoms with Gasteiger partial charge in [0.05, 0.1) is 6.04 Å². The van der Waals surface area contributed by atoms with E-state index in [1.807, 2.05) is 0 Å². The largest absolute Gasteiger partial charge is 0.380 e. The van der Waals surface area contributed by atoms with Gasteiger partial charge in [0.15, 0.2) is 0 Å². The SMILES string of the molecule is CC(n1cncn1)C(O)([CH]n1cncn1)c1ccc(F)cc1F. The summed E-state index contributed by atoms with van der Waals surface area (Å²) in [7, 11) is 0. The molecule has 0 amide bonds. The van der Waals surface area contributed by atoms with Gasteiger partial charge in [-0.3, -0.25) is 0 Å². The minimum absolute atomic E-state index is 0.114. The monoisotopic (exact) mass is 319 g/mol. The van der Waals surface area contributed by atoms with Gasteiger partial charge in [0, 0.05) is 11.6 Å². The zero-order valence-electron chi connectivity index (χ0n) is 12.1. The van der Waals surface area contributed by atoms with Crippen molar-refractivity contribution < 1.29 is 13.9 Å². The number of hydrogen-bond donors (Lipinski definition) is 1. The lowest BCUT2D eigenvalue weighted by Gasteiger charge is -2.34. The van der Waals surface area contributed by atoms with Crippen LogP contribution in [0, 0.1) is 18.2 Å². The van der Waals surface area contributed by atoms with E-state index in [0.717, 1.165) is 6.07 Å². The van der Waals surface area contributed by atoms with Crippen molar-refractivity contribution >= 4 is 0 Å². The molecule has 0 fully saturated rings. The molecule has 0 saturated carbocycles. The molecule has 3 aromatic rings. The molecule has 2 aromatic heterocycles. The van der Waals surface area contributed by atoms with E-state index < -0.39 is 23.3 Å². The number of aliphatic hydroxyl groups is 1. The minimum atomic E-state index is -1.86. The standard InChI is InChI=1S/C14H13F2N6O/c1-10(22-9-18-7-20-22)14(23,5-21-8-17-6-19-21)12-3-2-11(15)4-13(12)16/h2-10,23H,1H3. The zero-order valence-corrected chi connectivity index (χ0v) is 12.1. The Morgan fingerprint density at radius 2 is 1.91 bits per heavy atom. The third-order valence-corrected chi connectivity index (χ3v) is 3.60. The first kappa shape index (κ1) is 15.2. The van der Waals surface area contributed by atoms with E-state index >= 15 is 0 Å². The first-order valence-electron chi connectivity index (χ1n) is 6.73.